The van der Waals surface area contributed by atoms with Crippen molar-refractivity contribution in [3.05, 3.63) is 0 Å². The zero-order chi connectivity index (χ0) is 14.8. The maximum absolute atomic E-state index is 9.29. The van der Waals surface area contributed by atoms with Crippen molar-refractivity contribution in [1.82, 2.24) is 0 Å². The minimum atomic E-state index is -0.304. The number of ether oxygens (including phenoxy) is 3. The highest BCUT2D eigenvalue weighted by Gasteiger charge is 2.26. The van der Waals surface area contributed by atoms with E-state index in [0.717, 1.165) is 52.1 Å². The summed E-state index contributed by atoms with van der Waals surface area (Å²) >= 11 is 0. The fraction of sp³-hybridized carbons (Fsp3) is 1.00. The third-order valence-corrected chi connectivity index (χ3v) is 3.20. The molecule has 0 aromatic rings. The maximum atomic E-state index is 9.29. The van der Waals surface area contributed by atoms with Crippen molar-refractivity contribution < 1.29 is 24.4 Å². The van der Waals surface area contributed by atoms with Gasteiger partial charge in [0.05, 0.1) is 38.6 Å². The van der Waals surface area contributed by atoms with Gasteiger partial charge in [-0.15, -0.1) is 0 Å². The molecule has 4 unspecified atom stereocenters. The standard InChI is InChI=1S/C9H20O2.C6H10O3/c1-3-5-8(10)7-9(11)6-4-2;1(5-3-8-5)7-2-6-4-9-6/h8-11H,3-7H2,1-2H3;5-6H,1-4H2. The van der Waals surface area contributed by atoms with Crippen molar-refractivity contribution in [2.75, 3.05) is 26.4 Å². The molecule has 5 nitrogen and oxygen atoms in total. The molecule has 0 amide bonds. The monoisotopic (exact) mass is 290 g/mol. The molecule has 0 aromatic carbocycles. The van der Waals surface area contributed by atoms with Crippen molar-refractivity contribution >= 4 is 0 Å². The van der Waals surface area contributed by atoms with Crippen LogP contribution in [0.4, 0.5) is 0 Å². The highest BCUT2D eigenvalue weighted by Crippen LogP contribution is 2.12. The molecule has 20 heavy (non-hydrogen) atoms. The summed E-state index contributed by atoms with van der Waals surface area (Å²) in [5.74, 6) is 0. The first-order chi connectivity index (χ1) is 9.65. The smallest absolute Gasteiger partial charge is 0.104 e. The SMILES string of the molecule is C(OCC1CO1)C1CO1.CCCC(O)CC(O)CCC. The van der Waals surface area contributed by atoms with Gasteiger partial charge in [-0.05, 0) is 19.3 Å². The second-order valence-electron chi connectivity index (χ2n) is 5.57. The fourth-order valence-corrected chi connectivity index (χ4v) is 1.88. The van der Waals surface area contributed by atoms with Crippen LogP contribution in [0.25, 0.3) is 0 Å². The first-order valence-electron chi connectivity index (χ1n) is 7.82. The van der Waals surface area contributed by atoms with Gasteiger partial charge in [-0.25, -0.2) is 0 Å². The van der Waals surface area contributed by atoms with Crippen molar-refractivity contribution in [3.63, 3.8) is 0 Å². The molecule has 0 aromatic heterocycles. The molecular formula is C15H30O5. The van der Waals surface area contributed by atoms with E-state index in [1.54, 1.807) is 0 Å². The van der Waals surface area contributed by atoms with Gasteiger partial charge in [0, 0.05) is 0 Å². The molecular weight excluding hydrogens is 260 g/mol. The average Bonchev–Trinajstić information content (AvgIpc) is 3.25. The fourth-order valence-electron chi connectivity index (χ4n) is 1.88. The highest BCUT2D eigenvalue weighted by molar-refractivity contribution is 4.71. The van der Waals surface area contributed by atoms with Crippen molar-refractivity contribution in [2.45, 2.75) is 70.4 Å². The number of hydrogen-bond acceptors (Lipinski definition) is 5. The van der Waals surface area contributed by atoms with Gasteiger partial charge in [0.15, 0.2) is 0 Å². The lowest BCUT2D eigenvalue weighted by Gasteiger charge is -2.13. The van der Waals surface area contributed by atoms with E-state index in [4.69, 9.17) is 14.2 Å². The van der Waals surface area contributed by atoms with Crippen LogP contribution in [0.3, 0.4) is 0 Å². The van der Waals surface area contributed by atoms with Crippen LogP contribution in [0.5, 0.6) is 0 Å². The van der Waals surface area contributed by atoms with Crippen LogP contribution in [0.2, 0.25) is 0 Å². The van der Waals surface area contributed by atoms with Crippen LogP contribution in [0.1, 0.15) is 46.0 Å². The summed E-state index contributed by atoms with van der Waals surface area (Å²) < 4.78 is 15.1. The normalized spacial score (nSPS) is 26.4. The lowest BCUT2D eigenvalue weighted by Crippen LogP contribution is -2.16. The van der Waals surface area contributed by atoms with E-state index >= 15 is 0 Å². The molecule has 0 spiro atoms. The van der Waals surface area contributed by atoms with Gasteiger partial charge in [-0.2, -0.15) is 0 Å². The molecule has 4 atom stereocenters. The highest BCUT2D eigenvalue weighted by atomic mass is 16.6. The summed E-state index contributed by atoms with van der Waals surface area (Å²) in [6.07, 6.45) is 4.30. The van der Waals surface area contributed by atoms with Gasteiger partial charge in [0.1, 0.15) is 12.2 Å². The van der Waals surface area contributed by atoms with Crippen LogP contribution in [0.15, 0.2) is 0 Å². The molecule has 0 aliphatic carbocycles. The molecule has 0 bridgehead atoms. The molecule has 2 saturated heterocycles. The molecule has 2 aliphatic heterocycles. The van der Waals surface area contributed by atoms with Gasteiger partial charge in [0.2, 0.25) is 0 Å². The first-order valence-corrected chi connectivity index (χ1v) is 7.82. The number of rotatable bonds is 10. The van der Waals surface area contributed by atoms with E-state index < -0.39 is 0 Å². The topological polar surface area (TPSA) is 74.8 Å². The Balaban J connectivity index is 0.000000202. The van der Waals surface area contributed by atoms with Gasteiger partial charge in [-0.1, -0.05) is 26.7 Å². The molecule has 0 radical (unpaired) electrons. The van der Waals surface area contributed by atoms with E-state index in [9.17, 15) is 10.2 Å². The summed E-state index contributed by atoms with van der Waals surface area (Å²) in [6, 6.07) is 0. The zero-order valence-corrected chi connectivity index (χ0v) is 12.8. The van der Waals surface area contributed by atoms with Crippen molar-refractivity contribution in [1.29, 1.82) is 0 Å². The van der Waals surface area contributed by atoms with Crippen LogP contribution in [0, 0.1) is 0 Å². The zero-order valence-electron chi connectivity index (χ0n) is 12.8. The Morgan fingerprint density at radius 1 is 0.950 bits per heavy atom. The summed E-state index contributed by atoms with van der Waals surface area (Å²) in [4.78, 5) is 0. The molecule has 2 heterocycles. The molecule has 2 aliphatic rings. The maximum Gasteiger partial charge on any atom is 0.104 e. The van der Waals surface area contributed by atoms with Crippen LogP contribution < -0.4 is 0 Å². The van der Waals surface area contributed by atoms with E-state index in [0.29, 0.717) is 18.6 Å². The Hall–Kier alpha value is -0.200. The number of hydrogen-bond donors (Lipinski definition) is 2. The van der Waals surface area contributed by atoms with Crippen LogP contribution in [-0.4, -0.2) is 61.1 Å². The number of aliphatic hydroxyl groups excluding tert-OH is 2. The van der Waals surface area contributed by atoms with E-state index in [1.807, 2.05) is 13.8 Å². The summed E-state index contributed by atoms with van der Waals surface area (Å²) in [5, 5.41) is 18.6. The van der Waals surface area contributed by atoms with Crippen LogP contribution in [-0.2, 0) is 14.2 Å². The lowest BCUT2D eigenvalue weighted by atomic mass is 10.0. The Bertz CT molecular complexity index is 206. The van der Waals surface area contributed by atoms with E-state index in [1.165, 1.54) is 0 Å². The minimum absolute atomic E-state index is 0.304. The summed E-state index contributed by atoms with van der Waals surface area (Å²) in [7, 11) is 0. The van der Waals surface area contributed by atoms with Crippen molar-refractivity contribution in [2.24, 2.45) is 0 Å². The Morgan fingerprint density at radius 3 is 1.65 bits per heavy atom. The Morgan fingerprint density at radius 2 is 1.35 bits per heavy atom. The lowest BCUT2D eigenvalue weighted by molar-refractivity contribution is 0.0703. The molecule has 2 rings (SSSR count). The third kappa shape index (κ3) is 10.6. The Kier molecular flexibility index (Phi) is 9.39. The molecule has 5 heteroatoms. The van der Waals surface area contributed by atoms with Gasteiger partial charge in [-0.3, -0.25) is 0 Å². The van der Waals surface area contributed by atoms with Gasteiger partial charge in [0.25, 0.3) is 0 Å². The predicted octanol–water partition coefficient (Wildman–Crippen LogP) is 1.50. The number of epoxide rings is 2. The van der Waals surface area contributed by atoms with E-state index in [2.05, 4.69) is 0 Å². The largest absolute Gasteiger partial charge is 0.393 e. The first kappa shape index (κ1) is 17.9. The molecule has 2 fully saturated rings. The third-order valence-electron chi connectivity index (χ3n) is 3.20. The summed E-state index contributed by atoms with van der Waals surface area (Å²) in [6.45, 7) is 7.33. The number of aliphatic hydroxyl groups is 2. The predicted molar refractivity (Wildman–Crippen MR) is 76.7 cm³/mol. The second-order valence-corrected chi connectivity index (χ2v) is 5.57. The second kappa shape index (κ2) is 10.5. The molecule has 0 saturated carbocycles. The van der Waals surface area contributed by atoms with E-state index in [-0.39, 0.29) is 12.2 Å². The molecule has 2 N–H and O–H groups in total. The van der Waals surface area contributed by atoms with Crippen molar-refractivity contribution in [3.8, 4) is 0 Å². The summed E-state index contributed by atoms with van der Waals surface area (Å²) in [5.41, 5.74) is 0. The Labute approximate surface area is 122 Å². The quantitative estimate of drug-likeness (QED) is 0.596. The average molecular weight is 290 g/mol. The molecule has 120 valence electrons. The van der Waals surface area contributed by atoms with Gasteiger partial charge >= 0.3 is 0 Å². The van der Waals surface area contributed by atoms with Gasteiger partial charge < -0.3 is 24.4 Å². The van der Waals surface area contributed by atoms with Crippen LogP contribution >= 0.6 is 0 Å². The minimum Gasteiger partial charge on any atom is -0.393 e.